The van der Waals surface area contributed by atoms with Gasteiger partial charge in [-0.15, -0.1) is 0 Å². The van der Waals surface area contributed by atoms with Crippen LogP contribution in [0.1, 0.15) is 48.8 Å². The molecule has 1 amide bonds. The van der Waals surface area contributed by atoms with E-state index in [1.165, 1.54) is 0 Å². The molecule has 2 heterocycles. The number of nitrogens with one attached hydrogen (secondary N) is 2. The van der Waals surface area contributed by atoms with E-state index in [0.717, 1.165) is 25.7 Å². The van der Waals surface area contributed by atoms with E-state index in [4.69, 9.17) is 9.47 Å². The van der Waals surface area contributed by atoms with Crippen molar-refractivity contribution in [3.63, 3.8) is 0 Å². The monoisotopic (exact) mass is 522 g/mol. The first-order chi connectivity index (χ1) is 16.9. The number of benzene rings is 1. The summed E-state index contributed by atoms with van der Waals surface area (Å²) in [6.07, 6.45) is -5.77. The summed E-state index contributed by atoms with van der Waals surface area (Å²) in [5.41, 5.74) is -3.85. The number of ether oxygens (including phenoxy) is 2. The second-order valence-corrected chi connectivity index (χ2v) is 10.3. The maximum Gasteiger partial charge on any atom is 0.416 e. The highest BCUT2D eigenvalue weighted by Gasteiger charge is 2.53. The van der Waals surface area contributed by atoms with Gasteiger partial charge >= 0.3 is 12.4 Å². The van der Waals surface area contributed by atoms with Crippen LogP contribution >= 0.6 is 0 Å². The maximum atomic E-state index is 13.7. The molecule has 1 saturated carbocycles. The van der Waals surface area contributed by atoms with Crippen LogP contribution in [0.2, 0.25) is 0 Å². The molecule has 36 heavy (non-hydrogen) atoms. The number of hydrogen-bond donors (Lipinski definition) is 2. The molecule has 11 heteroatoms. The molecule has 0 bridgehead atoms. The van der Waals surface area contributed by atoms with Crippen LogP contribution in [0.3, 0.4) is 0 Å². The number of amides is 1. The summed E-state index contributed by atoms with van der Waals surface area (Å²) in [6.45, 7) is 1.57. The van der Waals surface area contributed by atoms with Gasteiger partial charge in [0, 0.05) is 26.8 Å². The first-order valence-electron chi connectivity index (χ1n) is 12.3. The molecule has 2 saturated heterocycles. The molecule has 3 aliphatic rings. The minimum absolute atomic E-state index is 0.0407. The second-order valence-electron chi connectivity index (χ2n) is 10.3. The molecule has 0 radical (unpaired) electrons. The lowest BCUT2D eigenvalue weighted by molar-refractivity contribution is -0.143. The molecule has 0 aromatic heterocycles. The van der Waals surface area contributed by atoms with E-state index in [-0.39, 0.29) is 35.5 Å². The van der Waals surface area contributed by atoms with Crippen LogP contribution in [0.4, 0.5) is 26.3 Å². The molecule has 1 aromatic rings. The van der Waals surface area contributed by atoms with Crippen molar-refractivity contribution in [3.8, 4) is 0 Å². The summed E-state index contributed by atoms with van der Waals surface area (Å²) in [4.78, 5) is 13.7. The molecule has 202 valence electrons. The highest BCUT2D eigenvalue weighted by atomic mass is 19.4. The third-order valence-corrected chi connectivity index (χ3v) is 7.91. The Hall–Kier alpha value is -1.85. The first kappa shape index (κ1) is 27.2. The quantitative estimate of drug-likeness (QED) is 0.483. The second kappa shape index (κ2) is 10.5. The number of alkyl halides is 6. The molecular weight excluding hydrogens is 490 g/mol. The van der Waals surface area contributed by atoms with E-state index in [1.54, 1.807) is 7.11 Å². The van der Waals surface area contributed by atoms with Gasteiger partial charge in [-0.25, -0.2) is 0 Å². The standard InChI is InChI=1S/C25H32F6N2O3/c1-35-21-13-36-7-4-19(21)20(10-15-2-3-15)23(5-6-32-14-23)22(34)33-12-16-8-17(24(26,27)28)11-18(9-16)25(29,30)31/h8-9,11,15,19-21,32H,2-7,10,12-14H2,1H3,(H,33,34). The summed E-state index contributed by atoms with van der Waals surface area (Å²) >= 11 is 0. The van der Waals surface area contributed by atoms with Gasteiger partial charge in [-0.1, -0.05) is 12.8 Å². The van der Waals surface area contributed by atoms with Crippen molar-refractivity contribution in [2.24, 2.45) is 23.2 Å². The first-order valence-corrected chi connectivity index (χ1v) is 12.3. The smallest absolute Gasteiger partial charge is 0.379 e. The molecule has 0 spiro atoms. The lowest BCUT2D eigenvalue weighted by Gasteiger charge is -2.45. The topological polar surface area (TPSA) is 59.6 Å². The van der Waals surface area contributed by atoms with Gasteiger partial charge in [0.05, 0.1) is 29.3 Å². The summed E-state index contributed by atoms with van der Waals surface area (Å²) in [7, 11) is 1.62. The van der Waals surface area contributed by atoms with E-state index in [2.05, 4.69) is 10.6 Å². The molecule has 2 N–H and O–H groups in total. The predicted octanol–water partition coefficient (Wildman–Crippen LogP) is 4.79. The Morgan fingerprint density at radius 3 is 2.33 bits per heavy atom. The molecule has 1 aliphatic carbocycles. The van der Waals surface area contributed by atoms with Gasteiger partial charge < -0.3 is 20.1 Å². The molecule has 4 unspecified atom stereocenters. The number of carbonyl (C=O) groups excluding carboxylic acids is 1. The Morgan fingerprint density at radius 1 is 1.14 bits per heavy atom. The Balaban J connectivity index is 1.59. The minimum atomic E-state index is -4.94. The molecule has 4 rings (SSSR count). The van der Waals surface area contributed by atoms with Gasteiger partial charge in [0.1, 0.15) is 0 Å². The van der Waals surface area contributed by atoms with Crippen LogP contribution in [0.15, 0.2) is 18.2 Å². The van der Waals surface area contributed by atoms with Gasteiger partial charge in [-0.2, -0.15) is 26.3 Å². The summed E-state index contributed by atoms with van der Waals surface area (Å²) in [5.74, 6) is 0.199. The third kappa shape index (κ3) is 5.99. The molecule has 3 fully saturated rings. The summed E-state index contributed by atoms with van der Waals surface area (Å²) in [6, 6.07) is 1.42. The largest absolute Gasteiger partial charge is 0.416 e. The van der Waals surface area contributed by atoms with Gasteiger partial charge in [0.15, 0.2) is 0 Å². The van der Waals surface area contributed by atoms with Crippen molar-refractivity contribution in [2.45, 2.75) is 57.1 Å². The lowest BCUT2D eigenvalue weighted by Crippen LogP contribution is -2.53. The van der Waals surface area contributed by atoms with Crippen LogP contribution < -0.4 is 10.6 Å². The van der Waals surface area contributed by atoms with Crippen LogP contribution in [-0.2, 0) is 33.2 Å². The molecule has 4 atom stereocenters. The fourth-order valence-electron chi connectivity index (χ4n) is 5.82. The minimum Gasteiger partial charge on any atom is -0.379 e. The Labute approximate surface area is 206 Å². The van der Waals surface area contributed by atoms with Crippen LogP contribution in [-0.4, -0.2) is 45.4 Å². The Bertz CT molecular complexity index is 893. The lowest BCUT2D eigenvalue weighted by atomic mass is 9.63. The average Bonchev–Trinajstić information content (AvgIpc) is 3.52. The number of methoxy groups -OCH3 is 1. The average molecular weight is 523 g/mol. The predicted molar refractivity (Wildman–Crippen MR) is 119 cm³/mol. The zero-order valence-electron chi connectivity index (χ0n) is 20.1. The number of halogens is 6. The van der Waals surface area contributed by atoms with Crippen LogP contribution in [0.25, 0.3) is 0 Å². The fourth-order valence-corrected chi connectivity index (χ4v) is 5.82. The maximum absolute atomic E-state index is 13.7. The van der Waals surface area contributed by atoms with E-state index in [9.17, 15) is 31.1 Å². The van der Waals surface area contributed by atoms with Crippen molar-refractivity contribution in [1.29, 1.82) is 0 Å². The molecule has 5 nitrogen and oxygen atoms in total. The fraction of sp³-hybridized carbons (Fsp3) is 0.720. The van der Waals surface area contributed by atoms with Crippen molar-refractivity contribution >= 4 is 5.91 Å². The van der Waals surface area contributed by atoms with Crippen LogP contribution in [0, 0.1) is 23.2 Å². The number of hydrogen-bond acceptors (Lipinski definition) is 4. The van der Waals surface area contributed by atoms with E-state index >= 15 is 0 Å². The molecule has 1 aromatic carbocycles. The van der Waals surface area contributed by atoms with Crippen molar-refractivity contribution in [3.05, 3.63) is 34.9 Å². The van der Waals surface area contributed by atoms with Gasteiger partial charge in [0.2, 0.25) is 5.91 Å². The van der Waals surface area contributed by atoms with Crippen molar-refractivity contribution in [2.75, 3.05) is 33.4 Å². The van der Waals surface area contributed by atoms with Gasteiger partial charge in [0.25, 0.3) is 0 Å². The zero-order valence-corrected chi connectivity index (χ0v) is 20.1. The molecule has 2 aliphatic heterocycles. The van der Waals surface area contributed by atoms with E-state index in [1.807, 2.05) is 0 Å². The zero-order chi connectivity index (χ0) is 26.1. The highest BCUT2D eigenvalue weighted by Crippen LogP contribution is 2.50. The molecular formula is C25H32F6N2O3. The summed E-state index contributed by atoms with van der Waals surface area (Å²) < 4.78 is 90.9. The summed E-state index contributed by atoms with van der Waals surface area (Å²) in [5, 5.41) is 5.97. The third-order valence-electron chi connectivity index (χ3n) is 7.91. The number of rotatable bonds is 8. The van der Waals surface area contributed by atoms with E-state index < -0.39 is 35.4 Å². The Morgan fingerprint density at radius 2 is 1.81 bits per heavy atom. The van der Waals surface area contributed by atoms with Gasteiger partial charge in [-0.3, -0.25) is 4.79 Å². The van der Waals surface area contributed by atoms with E-state index in [0.29, 0.717) is 50.8 Å². The normalized spacial score (nSPS) is 28.2. The van der Waals surface area contributed by atoms with Crippen LogP contribution in [0.5, 0.6) is 0 Å². The van der Waals surface area contributed by atoms with Gasteiger partial charge in [-0.05, 0) is 67.3 Å². The highest BCUT2D eigenvalue weighted by molar-refractivity contribution is 5.83. The van der Waals surface area contributed by atoms with Crippen molar-refractivity contribution < 1.29 is 40.6 Å². The van der Waals surface area contributed by atoms with Crippen molar-refractivity contribution in [1.82, 2.24) is 10.6 Å². The Kier molecular flexibility index (Phi) is 7.92. The SMILES string of the molecule is COC1COCCC1C(CC1CC1)C1(C(=O)NCc2cc(C(F)(F)F)cc(C(F)(F)F)c2)CCNC1. The number of carbonyl (C=O) groups is 1.